The van der Waals surface area contributed by atoms with Crippen LogP contribution in [0, 0.1) is 5.92 Å². The van der Waals surface area contributed by atoms with Gasteiger partial charge >= 0.3 is 0 Å². The zero-order valence-electron chi connectivity index (χ0n) is 12.9. The summed E-state index contributed by atoms with van der Waals surface area (Å²) in [6, 6.07) is 8.93. The van der Waals surface area contributed by atoms with E-state index >= 15 is 0 Å². The highest BCUT2D eigenvalue weighted by molar-refractivity contribution is 7.10. The van der Waals surface area contributed by atoms with E-state index in [1.54, 1.807) is 0 Å². The molecule has 2 nitrogen and oxygen atoms in total. The fourth-order valence-corrected chi connectivity index (χ4v) is 3.92. The number of nitrogens with zero attached hydrogens (tertiary/aromatic N) is 1. The van der Waals surface area contributed by atoms with Crippen molar-refractivity contribution in [1.82, 2.24) is 10.3 Å². The lowest BCUT2D eigenvalue weighted by Crippen LogP contribution is -2.28. The molecule has 21 heavy (non-hydrogen) atoms. The van der Waals surface area contributed by atoms with Crippen molar-refractivity contribution >= 4 is 11.3 Å². The Hall–Kier alpha value is -1.19. The van der Waals surface area contributed by atoms with Gasteiger partial charge in [0.2, 0.25) is 0 Å². The third-order valence-corrected chi connectivity index (χ3v) is 5.07. The molecule has 1 unspecified atom stereocenters. The minimum Gasteiger partial charge on any atom is -0.316 e. The first kappa shape index (κ1) is 14.7. The fraction of sp³-hybridized carbons (Fsp3) is 0.500. The van der Waals surface area contributed by atoms with Gasteiger partial charge in [0.25, 0.3) is 0 Å². The van der Waals surface area contributed by atoms with E-state index < -0.39 is 0 Å². The van der Waals surface area contributed by atoms with Crippen molar-refractivity contribution in [3.8, 4) is 11.3 Å². The van der Waals surface area contributed by atoms with Crippen LogP contribution < -0.4 is 5.32 Å². The van der Waals surface area contributed by atoms with Gasteiger partial charge in [-0.05, 0) is 37.3 Å². The zero-order valence-corrected chi connectivity index (χ0v) is 13.7. The van der Waals surface area contributed by atoms with E-state index in [1.807, 2.05) is 11.3 Å². The first-order valence-electron chi connectivity index (χ1n) is 7.98. The van der Waals surface area contributed by atoms with Gasteiger partial charge in [-0.15, -0.1) is 11.3 Å². The molecule has 1 aliphatic rings. The number of thiazole rings is 1. The monoisotopic (exact) mass is 300 g/mol. The summed E-state index contributed by atoms with van der Waals surface area (Å²) < 4.78 is 0. The minimum absolute atomic E-state index is 0.609. The topological polar surface area (TPSA) is 24.9 Å². The highest BCUT2D eigenvalue weighted by Gasteiger charge is 2.18. The smallest absolute Gasteiger partial charge is 0.0976 e. The number of piperidine rings is 1. The Bertz CT molecular complexity index is 565. The van der Waals surface area contributed by atoms with Crippen LogP contribution >= 0.6 is 11.3 Å². The minimum atomic E-state index is 0.609. The van der Waals surface area contributed by atoms with Gasteiger partial charge in [0.15, 0.2) is 0 Å². The van der Waals surface area contributed by atoms with Gasteiger partial charge < -0.3 is 5.32 Å². The lowest BCUT2D eigenvalue weighted by Gasteiger charge is -2.20. The van der Waals surface area contributed by atoms with E-state index in [0.717, 1.165) is 25.2 Å². The largest absolute Gasteiger partial charge is 0.316 e. The van der Waals surface area contributed by atoms with Gasteiger partial charge in [-0.1, -0.05) is 38.1 Å². The lowest BCUT2D eigenvalue weighted by atomic mass is 10.00. The van der Waals surface area contributed by atoms with Crippen LogP contribution in [0.1, 0.15) is 43.2 Å². The average Bonchev–Trinajstić information content (AvgIpc) is 2.98. The number of rotatable bonds is 4. The van der Waals surface area contributed by atoms with Crippen LogP contribution in [0.5, 0.6) is 0 Å². The maximum Gasteiger partial charge on any atom is 0.0976 e. The summed E-state index contributed by atoms with van der Waals surface area (Å²) in [5, 5.41) is 6.98. The second kappa shape index (κ2) is 6.71. The normalized spacial score (nSPS) is 19.1. The van der Waals surface area contributed by atoms with Gasteiger partial charge in [0.1, 0.15) is 0 Å². The molecule has 2 aromatic rings. The Morgan fingerprint density at radius 3 is 2.76 bits per heavy atom. The van der Waals surface area contributed by atoms with Gasteiger partial charge in [-0.25, -0.2) is 4.98 Å². The fourth-order valence-electron chi connectivity index (χ4n) is 2.95. The number of aromatic nitrogens is 1. The van der Waals surface area contributed by atoms with Gasteiger partial charge in [-0.2, -0.15) is 0 Å². The molecule has 3 heteroatoms. The Morgan fingerprint density at radius 1 is 1.29 bits per heavy atom. The molecule has 0 bridgehead atoms. The van der Waals surface area contributed by atoms with E-state index in [4.69, 9.17) is 4.98 Å². The quantitative estimate of drug-likeness (QED) is 0.900. The molecule has 1 aliphatic heterocycles. The number of benzene rings is 1. The number of hydrogen-bond acceptors (Lipinski definition) is 3. The second-order valence-electron chi connectivity index (χ2n) is 6.41. The van der Waals surface area contributed by atoms with Crippen LogP contribution in [0.15, 0.2) is 29.6 Å². The molecule has 3 rings (SSSR count). The molecule has 1 atom stereocenters. The highest BCUT2D eigenvalue weighted by Crippen LogP contribution is 2.30. The number of nitrogens with one attached hydrogen (secondary N) is 1. The summed E-state index contributed by atoms with van der Waals surface area (Å²) in [6.07, 6.45) is 3.69. The van der Waals surface area contributed by atoms with Crippen LogP contribution in [0.25, 0.3) is 11.3 Å². The predicted octanol–water partition coefficient (Wildman–Crippen LogP) is 4.48. The van der Waals surface area contributed by atoms with Crippen molar-refractivity contribution in [2.75, 3.05) is 13.1 Å². The van der Waals surface area contributed by atoms with Crippen molar-refractivity contribution in [2.24, 2.45) is 5.92 Å². The Morgan fingerprint density at radius 2 is 2.10 bits per heavy atom. The lowest BCUT2D eigenvalue weighted by molar-refractivity contribution is 0.460. The molecule has 112 valence electrons. The zero-order chi connectivity index (χ0) is 14.7. The van der Waals surface area contributed by atoms with E-state index in [-0.39, 0.29) is 0 Å². The SMILES string of the molecule is CC(C)Cc1ccc(-c2csc(C3CCCNC3)n2)cc1. The van der Waals surface area contributed by atoms with Crippen LogP contribution in [-0.2, 0) is 6.42 Å². The summed E-state index contributed by atoms with van der Waals surface area (Å²) in [7, 11) is 0. The molecule has 1 N–H and O–H groups in total. The second-order valence-corrected chi connectivity index (χ2v) is 7.30. The van der Waals surface area contributed by atoms with Crippen molar-refractivity contribution < 1.29 is 0 Å². The predicted molar refractivity (Wildman–Crippen MR) is 90.9 cm³/mol. The molecule has 0 amide bonds. The Labute approximate surface area is 131 Å². The van der Waals surface area contributed by atoms with E-state index in [9.17, 15) is 0 Å². The van der Waals surface area contributed by atoms with E-state index in [1.165, 1.54) is 29.0 Å². The van der Waals surface area contributed by atoms with E-state index in [2.05, 4.69) is 48.8 Å². The van der Waals surface area contributed by atoms with Crippen LogP contribution in [-0.4, -0.2) is 18.1 Å². The Balaban J connectivity index is 1.73. The molecule has 0 saturated carbocycles. The molecule has 2 heterocycles. The third kappa shape index (κ3) is 3.72. The van der Waals surface area contributed by atoms with Crippen LogP contribution in [0.4, 0.5) is 0 Å². The van der Waals surface area contributed by atoms with Crippen molar-refractivity contribution in [3.63, 3.8) is 0 Å². The van der Waals surface area contributed by atoms with Crippen LogP contribution in [0.2, 0.25) is 0 Å². The number of hydrogen-bond donors (Lipinski definition) is 1. The van der Waals surface area contributed by atoms with E-state index in [0.29, 0.717) is 11.8 Å². The van der Waals surface area contributed by atoms with Crippen molar-refractivity contribution in [1.29, 1.82) is 0 Å². The standard InChI is InChI=1S/C18H24N2S/c1-13(2)10-14-5-7-15(8-6-14)17-12-21-18(20-17)16-4-3-9-19-11-16/h5-8,12-13,16,19H,3-4,9-11H2,1-2H3. The molecule has 1 aromatic carbocycles. The highest BCUT2D eigenvalue weighted by atomic mass is 32.1. The Kier molecular flexibility index (Phi) is 4.71. The molecular formula is C18H24N2S. The summed E-state index contributed by atoms with van der Waals surface area (Å²) in [4.78, 5) is 4.87. The van der Waals surface area contributed by atoms with Crippen molar-refractivity contribution in [2.45, 2.75) is 39.0 Å². The first-order chi connectivity index (χ1) is 10.2. The maximum absolute atomic E-state index is 4.87. The van der Waals surface area contributed by atoms with Gasteiger partial charge in [0.05, 0.1) is 10.7 Å². The summed E-state index contributed by atoms with van der Waals surface area (Å²) >= 11 is 1.81. The molecular weight excluding hydrogens is 276 g/mol. The summed E-state index contributed by atoms with van der Waals surface area (Å²) in [6.45, 7) is 6.77. The van der Waals surface area contributed by atoms with Gasteiger partial charge in [0, 0.05) is 23.4 Å². The summed E-state index contributed by atoms with van der Waals surface area (Å²) in [5.41, 5.74) is 3.80. The molecule has 0 spiro atoms. The molecule has 1 saturated heterocycles. The molecule has 1 fully saturated rings. The maximum atomic E-state index is 4.87. The molecule has 1 aromatic heterocycles. The molecule has 0 aliphatic carbocycles. The average molecular weight is 300 g/mol. The summed E-state index contributed by atoms with van der Waals surface area (Å²) in [5.74, 6) is 1.32. The van der Waals surface area contributed by atoms with Crippen LogP contribution in [0.3, 0.4) is 0 Å². The third-order valence-electron chi connectivity index (χ3n) is 4.06. The van der Waals surface area contributed by atoms with Crippen molar-refractivity contribution in [3.05, 3.63) is 40.2 Å². The first-order valence-corrected chi connectivity index (χ1v) is 8.86. The molecule has 0 radical (unpaired) electrons. The van der Waals surface area contributed by atoms with Gasteiger partial charge in [-0.3, -0.25) is 0 Å².